The first-order valence-corrected chi connectivity index (χ1v) is 6.40. The highest BCUT2D eigenvalue weighted by atomic mass is 16.5. The quantitative estimate of drug-likeness (QED) is 0.834. The Bertz CT molecular complexity index is 561. The molecule has 0 radical (unpaired) electrons. The van der Waals surface area contributed by atoms with Crippen LogP contribution in [0.1, 0.15) is 0 Å². The summed E-state index contributed by atoms with van der Waals surface area (Å²) in [6.07, 6.45) is 3.10. The molecule has 0 aliphatic carbocycles. The average Bonchev–Trinajstić information content (AvgIpc) is 3.03. The van der Waals surface area contributed by atoms with E-state index in [0.29, 0.717) is 19.8 Å². The molecule has 1 fully saturated rings. The second-order valence-corrected chi connectivity index (χ2v) is 4.46. The summed E-state index contributed by atoms with van der Waals surface area (Å²) in [5.41, 5.74) is 1.63. The molecule has 0 spiro atoms. The van der Waals surface area contributed by atoms with Crippen LogP contribution in [0.3, 0.4) is 0 Å². The lowest BCUT2D eigenvalue weighted by atomic mass is 10.2. The van der Waals surface area contributed by atoms with Gasteiger partial charge in [-0.3, -0.25) is 4.79 Å². The highest BCUT2D eigenvalue weighted by Crippen LogP contribution is 2.12. The van der Waals surface area contributed by atoms with E-state index in [1.54, 1.807) is 11.0 Å². The van der Waals surface area contributed by atoms with Crippen molar-refractivity contribution in [3.05, 3.63) is 36.9 Å². The van der Waals surface area contributed by atoms with Gasteiger partial charge in [-0.15, -0.1) is 0 Å². The molecule has 1 amide bonds. The van der Waals surface area contributed by atoms with Crippen LogP contribution in [-0.2, 0) is 9.53 Å². The van der Waals surface area contributed by atoms with Gasteiger partial charge in [0.2, 0.25) is 5.91 Å². The molecule has 2 heterocycles. The van der Waals surface area contributed by atoms with Crippen LogP contribution < -0.4 is 10.6 Å². The van der Waals surface area contributed by atoms with Crippen LogP contribution in [0.5, 0.6) is 0 Å². The van der Waals surface area contributed by atoms with Gasteiger partial charge in [-0.1, -0.05) is 0 Å². The van der Waals surface area contributed by atoms with E-state index in [0.717, 1.165) is 11.4 Å². The lowest BCUT2D eigenvalue weighted by molar-refractivity contribution is -0.120. The maximum absolute atomic E-state index is 12.0. The Labute approximate surface area is 116 Å². The molecule has 1 atom stereocenters. The van der Waals surface area contributed by atoms with Crippen LogP contribution in [0.2, 0.25) is 0 Å². The van der Waals surface area contributed by atoms with Crippen molar-refractivity contribution in [3.8, 4) is 5.69 Å². The molecule has 20 heavy (non-hydrogen) atoms. The van der Waals surface area contributed by atoms with Gasteiger partial charge < -0.3 is 15.4 Å². The van der Waals surface area contributed by atoms with E-state index in [9.17, 15) is 4.79 Å². The fourth-order valence-corrected chi connectivity index (χ4v) is 2.00. The minimum atomic E-state index is -0.293. The highest BCUT2D eigenvalue weighted by molar-refractivity contribution is 5.95. The molecule has 1 unspecified atom stereocenters. The number of rotatable bonds is 3. The SMILES string of the molecule is O=C(Nc1ccc(-n2cncn2)cc1)C1COCCN1. The third-order valence-corrected chi connectivity index (χ3v) is 3.06. The van der Waals surface area contributed by atoms with E-state index in [1.807, 2.05) is 24.3 Å². The van der Waals surface area contributed by atoms with Crippen molar-refractivity contribution in [2.45, 2.75) is 6.04 Å². The van der Waals surface area contributed by atoms with Gasteiger partial charge in [0.1, 0.15) is 18.7 Å². The summed E-state index contributed by atoms with van der Waals surface area (Å²) in [6.45, 7) is 1.75. The van der Waals surface area contributed by atoms with Crippen LogP contribution in [-0.4, -0.2) is 46.5 Å². The Morgan fingerprint density at radius 1 is 1.40 bits per heavy atom. The van der Waals surface area contributed by atoms with E-state index in [-0.39, 0.29) is 11.9 Å². The van der Waals surface area contributed by atoms with E-state index in [4.69, 9.17) is 4.74 Å². The zero-order chi connectivity index (χ0) is 13.8. The second-order valence-electron chi connectivity index (χ2n) is 4.46. The van der Waals surface area contributed by atoms with Gasteiger partial charge >= 0.3 is 0 Å². The topological polar surface area (TPSA) is 81.1 Å². The molecule has 7 nitrogen and oxygen atoms in total. The monoisotopic (exact) mass is 273 g/mol. The molecular formula is C13H15N5O2. The van der Waals surface area contributed by atoms with E-state index >= 15 is 0 Å². The standard InChI is InChI=1S/C13H15N5O2/c19-13(12-7-20-6-5-15-12)17-10-1-3-11(4-2-10)18-9-14-8-16-18/h1-4,8-9,12,15H,5-7H2,(H,17,19). The minimum Gasteiger partial charge on any atom is -0.378 e. The number of nitrogens with zero attached hydrogens (tertiary/aromatic N) is 3. The minimum absolute atomic E-state index is 0.0850. The largest absolute Gasteiger partial charge is 0.378 e. The Morgan fingerprint density at radius 3 is 2.90 bits per heavy atom. The van der Waals surface area contributed by atoms with Crippen molar-refractivity contribution in [2.24, 2.45) is 0 Å². The number of nitrogens with one attached hydrogen (secondary N) is 2. The van der Waals surface area contributed by atoms with Crippen LogP contribution in [0.4, 0.5) is 5.69 Å². The lowest BCUT2D eigenvalue weighted by Crippen LogP contribution is -2.48. The number of anilines is 1. The van der Waals surface area contributed by atoms with Crippen LogP contribution in [0.25, 0.3) is 5.69 Å². The summed E-state index contributed by atoms with van der Waals surface area (Å²) in [6, 6.07) is 7.11. The molecule has 3 rings (SSSR count). The van der Waals surface area contributed by atoms with Crippen molar-refractivity contribution in [1.29, 1.82) is 0 Å². The van der Waals surface area contributed by atoms with Gasteiger partial charge in [-0.2, -0.15) is 5.10 Å². The molecule has 7 heteroatoms. The molecule has 0 saturated carbocycles. The number of carbonyl (C=O) groups is 1. The molecule has 1 aromatic carbocycles. The van der Waals surface area contributed by atoms with Gasteiger partial charge in [0.25, 0.3) is 0 Å². The molecular weight excluding hydrogens is 258 g/mol. The van der Waals surface area contributed by atoms with Crippen molar-refractivity contribution in [2.75, 3.05) is 25.1 Å². The number of hydrogen-bond acceptors (Lipinski definition) is 5. The van der Waals surface area contributed by atoms with Crippen molar-refractivity contribution in [1.82, 2.24) is 20.1 Å². The summed E-state index contributed by atoms with van der Waals surface area (Å²) in [5, 5.41) is 10.0. The van der Waals surface area contributed by atoms with E-state index in [2.05, 4.69) is 20.7 Å². The summed E-state index contributed by atoms with van der Waals surface area (Å²) in [4.78, 5) is 15.9. The Hall–Kier alpha value is -2.25. The maximum atomic E-state index is 12.0. The normalized spacial score (nSPS) is 18.7. The Balaban J connectivity index is 1.64. The number of benzene rings is 1. The van der Waals surface area contributed by atoms with Gasteiger partial charge in [0.15, 0.2) is 0 Å². The van der Waals surface area contributed by atoms with E-state index in [1.165, 1.54) is 6.33 Å². The molecule has 2 aromatic rings. The van der Waals surface area contributed by atoms with Gasteiger partial charge in [-0.25, -0.2) is 9.67 Å². The van der Waals surface area contributed by atoms with Crippen LogP contribution in [0, 0.1) is 0 Å². The van der Waals surface area contributed by atoms with Crippen LogP contribution >= 0.6 is 0 Å². The van der Waals surface area contributed by atoms with Crippen molar-refractivity contribution in [3.63, 3.8) is 0 Å². The number of ether oxygens (including phenoxy) is 1. The fourth-order valence-electron chi connectivity index (χ4n) is 2.00. The zero-order valence-electron chi connectivity index (χ0n) is 10.8. The smallest absolute Gasteiger partial charge is 0.243 e. The molecule has 1 aliphatic heterocycles. The van der Waals surface area contributed by atoms with Gasteiger partial charge in [0.05, 0.1) is 18.9 Å². The number of amides is 1. The number of morpholine rings is 1. The first-order valence-electron chi connectivity index (χ1n) is 6.40. The zero-order valence-corrected chi connectivity index (χ0v) is 10.8. The maximum Gasteiger partial charge on any atom is 0.243 e. The molecule has 0 bridgehead atoms. The number of carbonyl (C=O) groups excluding carboxylic acids is 1. The molecule has 1 aliphatic rings. The first-order chi connectivity index (χ1) is 9.83. The Morgan fingerprint density at radius 2 is 2.25 bits per heavy atom. The van der Waals surface area contributed by atoms with Gasteiger partial charge in [-0.05, 0) is 24.3 Å². The van der Waals surface area contributed by atoms with Crippen molar-refractivity contribution < 1.29 is 9.53 Å². The third-order valence-electron chi connectivity index (χ3n) is 3.06. The molecule has 104 valence electrons. The predicted molar refractivity (Wildman–Crippen MR) is 72.6 cm³/mol. The van der Waals surface area contributed by atoms with Gasteiger partial charge in [0, 0.05) is 12.2 Å². The third kappa shape index (κ3) is 2.84. The molecule has 1 aromatic heterocycles. The first kappa shape index (κ1) is 12.8. The second kappa shape index (κ2) is 5.81. The Kier molecular flexibility index (Phi) is 3.71. The fraction of sp³-hybridized carbons (Fsp3) is 0.308. The summed E-state index contributed by atoms with van der Waals surface area (Å²) >= 11 is 0. The summed E-state index contributed by atoms with van der Waals surface area (Å²) in [5.74, 6) is -0.0850. The van der Waals surface area contributed by atoms with Crippen molar-refractivity contribution >= 4 is 11.6 Å². The highest BCUT2D eigenvalue weighted by Gasteiger charge is 2.20. The molecule has 1 saturated heterocycles. The summed E-state index contributed by atoms with van der Waals surface area (Å²) in [7, 11) is 0. The van der Waals surface area contributed by atoms with Crippen LogP contribution in [0.15, 0.2) is 36.9 Å². The molecule has 2 N–H and O–H groups in total. The number of hydrogen-bond donors (Lipinski definition) is 2. The van der Waals surface area contributed by atoms with E-state index < -0.39 is 0 Å². The number of aromatic nitrogens is 3. The predicted octanol–water partition coefficient (Wildman–Crippen LogP) is 0.194. The average molecular weight is 273 g/mol. The lowest BCUT2D eigenvalue weighted by Gasteiger charge is -2.22. The summed E-state index contributed by atoms with van der Waals surface area (Å²) < 4.78 is 6.92.